The van der Waals surface area contributed by atoms with Crippen molar-refractivity contribution in [2.75, 3.05) is 6.54 Å². The number of sulfone groups is 1. The quantitative estimate of drug-likeness (QED) is 0.882. The second-order valence-corrected chi connectivity index (χ2v) is 6.16. The van der Waals surface area contributed by atoms with Crippen LogP contribution in [-0.2, 0) is 9.84 Å². The fourth-order valence-corrected chi connectivity index (χ4v) is 3.92. The lowest BCUT2D eigenvalue weighted by Gasteiger charge is -2.09. The number of benzene rings is 1. The summed E-state index contributed by atoms with van der Waals surface area (Å²) in [5.41, 5.74) is 6.09. The Labute approximate surface area is 99.8 Å². The first kappa shape index (κ1) is 11.6. The molecular weight excluding hydrogens is 246 g/mol. The van der Waals surface area contributed by atoms with E-state index in [2.05, 4.69) is 0 Å². The number of nitrogens with two attached hydrogens (primary N) is 1. The summed E-state index contributed by atoms with van der Waals surface area (Å²) in [6, 6.07) is 4.90. The maximum atomic E-state index is 12.2. The highest BCUT2D eigenvalue weighted by Gasteiger charge is 2.33. The van der Waals surface area contributed by atoms with Gasteiger partial charge in [0.2, 0.25) is 9.84 Å². The summed E-state index contributed by atoms with van der Waals surface area (Å²) in [7, 11) is -3.38. The summed E-state index contributed by atoms with van der Waals surface area (Å²) in [5.74, 6) is -0.187. The van der Waals surface area contributed by atoms with Gasteiger partial charge in [-0.1, -0.05) is 24.6 Å². The molecule has 1 aromatic rings. The molecule has 1 heterocycles. The summed E-state index contributed by atoms with van der Waals surface area (Å²) >= 11 is 5.97. The van der Waals surface area contributed by atoms with E-state index in [4.69, 9.17) is 17.3 Å². The van der Waals surface area contributed by atoms with E-state index in [9.17, 15) is 8.42 Å². The van der Waals surface area contributed by atoms with Crippen molar-refractivity contribution in [2.24, 2.45) is 11.7 Å². The predicted octanol–water partition coefficient (Wildman–Crippen LogP) is 2.06. The van der Waals surface area contributed by atoms with Crippen molar-refractivity contribution in [3.63, 3.8) is 0 Å². The molecule has 5 heteroatoms. The molecule has 86 valence electrons. The van der Waals surface area contributed by atoms with Gasteiger partial charge in [0.25, 0.3) is 0 Å². The predicted molar refractivity (Wildman–Crippen MR) is 64.8 cm³/mol. The molecule has 0 bridgehead atoms. The molecule has 1 unspecified atom stereocenters. The zero-order chi connectivity index (χ0) is 11.9. The third kappa shape index (κ3) is 1.57. The molecule has 16 heavy (non-hydrogen) atoms. The monoisotopic (exact) mass is 257 g/mol. The normalized spacial score (nSPS) is 19.1. The van der Waals surface area contributed by atoms with E-state index in [0.717, 1.165) is 0 Å². The molecule has 1 aliphatic rings. The molecule has 1 aromatic carbocycles. The molecule has 0 aromatic heterocycles. The third-order valence-electron chi connectivity index (χ3n) is 2.74. The molecule has 0 amide bonds. The van der Waals surface area contributed by atoms with Crippen LogP contribution < -0.4 is 5.73 Å². The molecule has 1 atom stereocenters. The van der Waals surface area contributed by atoms with E-state index in [-0.39, 0.29) is 10.8 Å². The van der Waals surface area contributed by atoms with Gasteiger partial charge in [-0.05, 0) is 24.8 Å². The Kier molecular flexibility index (Phi) is 2.82. The minimum Gasteiger partial charge on any atom is -0.330 e. The minimum absolute atomic E-state index is 0.187. The van der Waals surface area contributed by atoms with Gasteiger partial charge in [-0.2, -0.15) is 0 Å². The lowest BCUT2D eigenvalue weighted by molar-refractivity contribution is 0.594. The van der Waals surface area contributed by atoms with E-state index in [1.807, 2.05) is 0 Å². The maximum absolute atomic E-state index is 12.2. The van der Waals surface area contributed by atoms with Crippen LogP contribution in [0.2, 0.25) is 5.02 Å². The van der Waals surface area contributed by atoms with Crippen molar-refractivity contribution in [3.8, 4) is 0 Å². The van der Waals surface area contributed by atoms with Crippen LogP contribution in [0.4, 0.5) is 0 Å². The number of halogens is 1. The summed E-state index contributed by atoms with van der Waals surface area (Å²) in [5, 5.41) is 0.459. The van der Waals surface area contributed by atoms with Crippen LogP contribution in [0.1, 0.15) is 12.5 Å². The number of rotatable bonds is 2. The average molecular weight is 258 g/mol. The Hall–Kier alpha value is -0.840. The van der Waals surface area contributed by atoms with Gasteiger partial charge in [0.15, 0.2) is 0 Å². The van der Waals surface area contributed by atoms with Gasteiger partial charge in [0, 0.05) is 16.5 Å². The van der Waals surface area contributed by atoms with Crippen LogP contribution in [0.15, 0.2) is 28.0 Å². The van der Waals surface area contributed by atoms with E-state index in [0.29, 0.717) is 22.0 Å². The van der Waals surface area contributed by atoms with E-state index in [1.54, 1.807) is 31.2 Å². The van der Waals surface area contributed by atoms with Crippen molar-refractivity contribution in [2.45, 2.75) is 11.8 Å². The smallest absolute Gasteiger partial charge is 0.203 e. The molecule has 0 aliphatic carbocycles. The topological polar surface area (TPSA) is 60.2 Å². The van der Waals surface area contributed by atoms with Crippen molar-refractivity contribution in [1.29, 1.82) is 0 Å². The molecule has 0 spiro atoms. The molecule has 2 N–H and O–H groups in total. The first-order chi connectivity index (χ1) is 7.48. The zero-order valence-electron chi connectivity index (χ0n) is 8.77. The van der Waals surface area contributed by atoms with Crippen LogP contribution in [0, 0.1) is 5.92 Å². The second kappa shape index (κ2) is 3.87. The fourth-order valence-electron chi connectivity index (χ4n) is 1.76. The molecule has 2 rings (SSSR count). The number of hydrogen-bond acceptors (Lipinski definition) is 3. The maximum Gasteiger partial charge on any atom is 0.203 e. The summed E-state index contributed by atoms with van der Waals surface area (Å²) in [4.78, 5) is 0.647. The average Bonchev–Trinajstić information content (AvgIpc) is 2.52. The van der Waals surface area contributed by atoms with Gasteiger partial charge in [-0.3, -0.25) is 0 Å². The van der Waals surface area contributed by atoms with Crippen LogP contribution >= 0.6 is 11.6 Å². The lowest BCUT2D eigenvalue weighted by Crippen LogP contribution is -2.17. The van der Waals surface area contributed by atoms with Crippen LogP contribution in [0.25, 0.3) is 6.08 Å². The lowest BCUT2D eigenvalue weighted by atomic mass is 10.1. The van der Waals surface area contributed by atoms with E-state index in [1.165, 1.54) is 0 Å². The van der Waals surface area contributed by atoms with Crippen molar-refractivity contribution < 1.29 is 8.42 Å². The minimum atomic E-state index is -3.38. The van der Waals surface area contributed by atoms with Crippen LogP contribution in [0.3, 0.4) is 0 Å². The van der Waals surface area contributed by atoms with E-state index >= 15 is 0 Å². The standard InChI is InChI=1S/C11H12ClNO2S/c1-7(6-13)11-5-8-9(12)3-2-4-10(8)16(11,14)15/h2-5,7H,6,13H2,1H3. The summed E-state index contributed by atoms with van der Waals surface area (Å²) in [6.07, 6.45) is 1.63. The third-order valence-corrected chi connectivity index (χ3v) is 5.14. The van der Waals surface area contributed by atoms with Gasteiger partial charge in [0.1, 0.15) is 0 Å². The highest BCUT2D eigenvalue weighted by atomic mass is 35.5. The van der Waals surface area contributed by atoms with Crippen molar-refractivity contribution in [1.82, 2.24) is 0 Å². The largest absolute Gasteiger partial charge is 0.330 e. The summed E-state index contributed by atoms with van der Waals surface area (Å²) < 4.78 is 24.3. The zero-order valence-corrected chi connectivity index (χ0v) is 10.3. The summed E-state index contributed by atoms with van der Waals surface area (Å²) in [6.45, 7) is 2.10. The second-order valence-electron chi connectivity index (χ2n) is 3.84. The Morgan fingerprint density at radius 3 is 2.69 bits per heavy atom. The molecule has 3 nitrogen and oxygen atoms in total. The SMILES string of the molecule is CC(CN)C1=Cc2c(Cl)cccc2S1(=O)=O. The Morgan fingerprint density at radius 1 is 1.44 bits per heavy atom. The Balaban J connectivity index is 2.66. The number of hydrogen-bond donors (Lipinski definition) is 1. The first-order valence-corrected chi connectivity index (χ1v) is 6.80. The van der Waals surface area contributed by atoms with Gasteiger partial charge in [-0.15, -0.1) is 0 Å². The molecule has 0 saturated carbocycles. The van der Waals surface area contributed by atoms with Gasteiger partial charge < -0.3 is 5.73 Å². The Morgan fingerprint density at radius 2 is 2.12 bits per heavy atom. The first-order valence-electron chi connectivity index (χ1n) is 4.93. The Bertz CT molecular complexity index is 563. The van der Waals surface area contributed by atoms with Gasteiger partial charge in [0.05, 0.1) is 9.80 Å². The molecule has 0 saturated heterocycles. The van der Waals surface area contributed by atoms with Crippen molar-refractivity contribution >= 4 is 27.5 Å². The van der Waals surface area contributed by atoms with Gasteiger partial charge in [-0.25, -0.2) is 8.42 Å². The van der Waals surface area contributed by atoms with Gasteiger partial charge >= 0.3 is 0 Å². The van der Waals surface area contributed by atoms with Crippen LogP contribution in [0.5, 0.6) is 0 Å². The molecule has 0 radical (unpaired) electrons. The fraction of sp³-hybridized carbons (Fsp3) is 0.273. The molecule has 0 fully saturated rings. The van der Waals surface area contributed by atoms with Crippen molar-refractivity contribution in [3.05, 3.63) is 33.7 Å². The highest BCUT2D eigenvalue weighted by molar-refractivity contribution is 7.95. The highest BCUT2D eigenvalue weighted by Crippen LogP contribution is 2.39. The van der Waals surface area contributed by atoms with Crippen LogP contribution in [-0.4, -0.2) is 15.0 Å². The molecular formula is C11H12ClNO2S. The van der Waals surface area contributed by atoms with E-state index < -0.39 is 9.84 Å². The molecule has 1 aliphatic heterocycles. The number of fused-ring (bicyclic) bond motifs is 1.